The molecule has 2 aromatic rings. The average molecular weight is 274 g/mol. The highest BCUT2D eigenvalue weighted by Crippen LogP contribution is 2.18. The number of para-hydroxylation sites is 1. The van der Waals surface area contributed by atoms with Gasteiger partial charge >= 0.3 is 0 Å². The fraction of sp³-hybridized carbons (Fsp3) is 0.533. The van der Waals surface area contributed by atoms with Crippen molar-refractivity contribution in [1.82, 2.24) is 20.0 Å². The summed E-state index contributed by atoms with van der Waals surface area (Å²) >= 11 is 0. The van der Waals surface area contributed by atoms with Crippen LogP contribution in [0.5, 0.6) is 0 Å². The van der Waals surface area contributed by atoms with Crippen LogP contribution in [0.3, 0.4) is 0 Å². The molecule has 0 saturated carbocycles. The van der Waals surface area contributed by atoms with Gasteiger partial charge in [-0.1, -0.05) is 18.2 Å². The summed E-state index contributed by atoms with van der Waals surface area (Å²) in [5, 5.41) is 9.25. The van der Waals surface area contributed by atoms with E-state index in [1.165, 1.54) is 10.9 Å². The Labute approximate surface area is 119 Å². The second kappa shape index (κ2) is 5.91. The molecule has 1 aromatic carbocycles. The van der Waals surface area contributed by atoms with E-state index in [1.54, 1.807) is 0 Å². The van der Waals surface area contributed by atoms with E-state index in [9.17, 15) is 0 Å². The van der Waals surface area contributed by atoms with Gasteiger partial charge in [-0.15, -0.1) is 0 Å². The quantitative estimate of drug-likeness (QED) is 0.903. The number of hydrogen-bond donors (Lipinski definition) is 1. The van der Waals surface area contributed by atoms with Crippen LogP contribution >= 0.6 is 0 Å². The molecule has 1 fully saturated rings. The third-order valence-electron chi connectivity index (χ3n) is 3.77. The van der Waals surface area contributed by atoms with Crippen molar-refractivity contribution in [2.75, 3.05) is 33.3 Å². The normalized spacial score (nSPS) is 19.9. The van der Waals surface area contributed by atoms with Gasteiger partial charge in [-0.2, -0.15) is 5.10 Å². The highest BCUT2D eigenvalue weighted by Gasteiger charge is 2.17. The molecule has 1 aliphatic rings. The van der Waals surface area contributed by atoms with Gasteiger partial charge in [0.1, 0.15) is 0 Å². The maximum absolute atomic E-state index is 5.75. The number of aryl methyl sites for hydroxylation is 1. The molecule has 108 valence electrons. The van der Waals surface area contributed by atoms with E-state index < -0.39 is 0 Å². The molecule has 0 spiro atoms. The van der Waals surface area contributed by atoms with Crippen molar-refractivity contribution in [3.05, 3.63) is 30.0 Å². The predicted octanol–water partition coefficient (Wildman–Crippen LogP) is 0.993. The minimum atomic E-state index is 0.281. The molecule has 1 atom stereocenters. The Balaban J connectivity index is 1.69. The molecule has 5 nitrogen and oxygen atoms in total. The fourth-order valence-corrected chi connectivity index (χ4v) is 2.81. The summed E-state index contributed by atoms with van der Waals surface area (Å²) in [6.07, 6.45) is 0.281. The second-order valence-corrected chi connectivity index (χ2v) is 5.48. The Kier molecular flexibility index (Phi) is 4.00. The highest BCUT2D eigenvalue weighted by atomic mass is 16.5. The summed E-state index contributed by atoms with van der Waals surface area (Å²) in [6, 6.07) is 8.38. The van der Waals surface area contributed by atoms with Gasteiger partial charge in [-0.25, -0.2) is 0 Å². The van der Waals surface area contributed by atoms with Crippen LogP contribution in [0.15, 0.2) is 24.3 Å². The largest absolute Gasteiger partial charge is 0.374 e. The zero-order valence-electron chi connectivity index (χ0n) is 12.2. The van der Waals surface area contributed by atoms with Crippen molar-refractivity contribution in [1.29, 1.82) is 0 Å². The molecule has 0 bridgehead atoms. The van der Waals surface area contributed by atoms with Crippen molar-refractivity contribution < 1.29 is 4.74 Å². The third-order valence-corrected chi connectivity index (χ3v) is 3.77. The van der Waals surface area contributed by atoms with Gasteiger partial charge in [0.05, 0.1) is 23.9 Å². The molecule has 0 aliphatic carbocycles. The van der Waals surface area contributed by atoms with E-state index in [0.29, 0.717) is 0 Å². The van der Waals surface area contributed by atoms with Crippen LogP contribution < -0.4 is 5.32 Å². The number of nitrogens with zero attached hydrogens (tertiary/aromatic N) is 3. The zero-order valence-corrected chi connectivity index (χ0v) is 12.2. The summed E-state index contributed by atoms with van der Waals surface area (Å²) < 4.78 is 7.70. The number of likely N-dealkylation sites (N-methyl/N-ethyl adjacent to an activating group) is 1. The summed E-state index contributed by atoms with van der Waals surface area (Å²) in [7, 11) is 4.13. The lowest BCUT2D eigenvalue weighted by atomic mass is 10.2. The molecular weight excluding hydrogens is 252 g/mol. The molecule has 3 rings (SSSR count). The standard InChI is InChI=1S/C15H22N4O/c1-18(10-12-9-16-7-8-20-12)11-14-13-5-3-4-6-15(13)19(2)17-14/h3-6,12,16H,7-11H2,1-2H3. The number of ether oxygens (including phenoxy) is 1. The Morgan fingerprint density at radius 2 is 2.30 bits per heavy atom. The Morgan fingerprint density at radius 1 is 1.45 bits per heavy atom. The number of fused-ring (bicyclic) bond motifs is 1. The molecule has 1 aromatic heterocycles. The van der Waals surface area contributed by atoms with Gasteiger partial charge < -0.3 is 10.1 Å². The lowest BCUT2D eigenvalue weighted by molar-refractivity contribution is 0.00871. The maximum atomic E-state index is 5.75. The topological polar surface area (TPSA) is 42.3 Å². The maximum Gasteiger partial charge on any atom is 0.0843 e. The minimum Gasteiger partial charge on any atom is -0.374 e. The van der Waals surface area contributed by atoms with Crippen molar-refractivity contribution >= 4 is 10.9 Å². The first-order valence-corrected chi connectivity index (χ1v) is 7.15. The van der Waals surface area contributed by atoms with E-state index in [4.69, 9.17) is 4.74 Å². The molecule has 0 amide bonds. The summed E-state index contributed by atoms with van der Waals surface area (Å²) in [4.78, 5) is 2.28. The highest BCUT2D eigenvalue weighted by molar-refractivity contribution is 5.81. The molecule has 1 aliphatic heterocycles. The molecule has 1 unspecified atom stereocenters. The van der Waals surface area contributed by atoms with Gasteiger partial charge in [-0.05, 0) is 13.1 Å². The van der Waals surface area contributed by atoms with Crippen molar-refractivity contribution in [3.63, 3.8) is 0 Å². The first-order chi connectivity index (χ1) is 9.74. The van der Waals surface area contributed by atoms with Crippen LogP contribution in [-0.2, 0) is 18.3 Å². The molecule has 5 heteroatoms. The predicted molar refractivity (Wildman–Crippen MR) is 79.7 cm³/mol. The Morgan fingerprint density at radius 3 is 3.10 bits per heavy atom. The molecule has 0 radical (unpaired) electrons. The smallest absolute Gasteiger partial charge is 0.0843 e. The van der Waals surface area contributed by atoms with Crippen LogP contribution in [-0.4, -0.2) is 54.1 Å². The Hall–Kier alpha value is -1.43. The van der Waals surface area contributed by atoms with E-state index in [-0.39, 0.29) is 6.10 Å². The number of morpholine rings is 1. The van der Waals surface area contributed by atoms with Crippen LogP contribution in [0.1, 0.15) is 5.69 Å². The van der Waals surface area contributed by atoms with Gasteiger partial charge in [-0.3, -0.25) is 9.58 Å². The van der Waals surface area contributed by atoms with Crippen molar-refractivity contribution in [2.45, 2.75) is 12.6 Å². The van der Waals surface area contributed by atoms with Crippen LogP contribution in [0, 0.1) is 0 Å². The lowest BCUT2D eigenvalue weighted by Crippen LogP contribution is -2.44. The SMILES string of the molecule is CN(Cc1nn(C)c2ccccc12)CC1CNCCO1. The molecule has 2 heterocycles. The van der Waals surface area contributed by atoms with Gasteiger partial charge in [0.2, 0.25) is 0 Å². The Bertz CT molecular complexity index is 574. The summed E-state index contributed by atoms with van der Waals surface area (Å²) in [6.45, 7) is 4.49. The summed E-state index contributed by atoms with van der Waals surface area (Å²) in [5.74, 6) is 0. The first kappa shape index (κ1) is 13.5. The average Bonchev–Trinajstić information content (AvgIpc) is 2.77. The van der Waals surface area contributed by atoms with E-state index in [1.807, 2.05) is 11.7 Å². The van der Waals surface area contributed by atoms with Gasteiger partial charge in [0.25, 0.3) is 0 Å². The number of aromatic nitrogens is 2. The van der Waals surface area contributed by atoms with Crippen molar-refractivity contribution in [3.8, 4) is 0 Å². The number of hydrogen-bond acceptors (Lipinski definition) is 4. The second-order valence-electron chi connectivity index (χ2n) is 5.48. The zero-order chi connectivity index (χ0) is 13.9. The van der Waals surface area contributed by atoms with E-state index >= 15 is 0 Å². The van der Waals surface area contributed by atoms with Gasteiger partial charge in [0.15, 0.2) is 0 Å². The fourth-order valence-electron chi connectivity index (χ4n) is 2.81. The van der Waals surface area contributed by atoms with Crippen molar-refractivity contribution in [2.24, 2.45) is 7.05 Å². The third kappa shape index (κ3) is 2.85. The number of rotatable bonds is 4. The minimum absolute atomic E-state index is 0.281. The molecular formula is C15H22N4O. The first-order valence-electron chi connectivity index (χ1n) is 7.15. The van der Waals surface area contributed by atoms with Gasteiger partial charge in [0, 0.05) is 38.6 Å². The van der Waals surface area contributed by atoms with Crippen LogP contribution in [0.4, 0.5) is 0 Å². The van der Waals surface area contributed by atoms with Crippen LogP contribution in [0.2, 0.25) is 0 Å². The monoisotopic (exact) mass is 274 g/mol. The molecule has 1 N–H and O–H groups in total. The molecule has 20 heavy (non-hydrogen) atoms. The van der Waals surface area contributed by atoms with E-state index in [0.717, 1.165) is 38.5 Å². The summed E-state index contributed by atoms with van der Waals surface area (Å²) in [5.41, 5.74) is 2.32. The number of benzene rings is 1. The lowest BCUT2D eigenvalue weighted by Gasteiger charge is -2.27. The van der Waals surface area contributed by atoms with E-state index in [2.05, 4.69) is 46.6 Å². The van der Waals surface area contributed by atoms with Crippen LogP contribution in [0.25, 0.3) is 10.9 Å². The molecule has 1 saturated heterocycles. The number of nitrogens with one attached hydrogen (secondary N) is 1.